The number of carbonyl (C=O) groups is 1. The van der Waals surface area contributed by atoms with Crippen LogP contribution >= 0.6 is 0 Å². The quantitative estimate of drug-likeness (QED) is 0.895. The highest BCUT2D eigenvalue weighted by atomic mass is 16.3. The molecule has 0 unspecified atom stereocenters. The van der Waals surface area contributed by atoms with Crippen LogP contribution in [0.3, 0.4) is 0 Å². The van der Waals surface area contributed by atoms with Crippen LogP contribution in [0.2, 0.25) is 0 Å². The van der Waals surface area contributed by atoms with E-state index < -0.39 is 0 Å². The molecule has 0 bridgehead atoms. The van der Waals surface area contributed by atoms with Crippen molar-refractivity contribution in [2.75, 3.05) is 43.0 Å². The van der Waals surface area contributed by atoms with Crippen LogP contribution in [0.25, 0.3) is 0 Å². The number of anilines is 2. The molecule has 2 N–H and O–H groups in total. The van der Waals surface area contributed by atoms with Gasteiger partial charge in [-0.2, -0.15) is 0 Å². The first-order chi connectivity index (χ1) is 10.8. The monoisotopic (exact) mass is 304 g/mol. The van der Waals surface area contributed by atoms with E-state index in [4.69, 9.17) is 0 Å². The Labute approximate surface area is 131 Å². The van der Waals surface area contributed by atoms with E-state index in [0.717, 1.165) is 37.4 Å². The molecule has 1 aromatic rings. The maximum Gasteiger partial charge on any atom is 0.321 e. The number of pyridine rings is 1. The van der Waals surface area contributed by atoms with Crippen molar-refractivity contribution in [3.8, 4) is 0 Å². The van der Waals surface area contributed by atoms with Crippen LogP contribution < -0.4 is 10.2 Å². The van der Waals surface area contributed by atoms with E-state index in [1.807, 2.05) is 17.0 Å². The molecule has 0 radical (unpaired) electrons. The molecule has 1 aromatic heterocycles. The minimum atomic E-state index is -0.0650. The molecule has 3 heterocycles. The summed E-state index contributed by atoms with van der Waals surface area (Å²) in [4.78, 5) is 20.9. The SMILES string of the molecule is O=C(Nc1cccnc1N1CCCC1)N1CCC(CO)CC1. The van der Waals surface area contributed by atoms with Gasteiger partial charge >= 0.3 is 6.03 Å². The van der Waals surface area contributed by atoms with E-state index in [1.165, 1.54) is 12.8 Å². The average Bonchev–Trinajstić information content (AvgIpc) is 3.10. The highest BCUT2D eigenvalue weighted by Gasteiger charge is 2.24. The highest BCUT2D eigenvalue weighted by Crippen LogP contribution is 2.26. The first-order valence-corrected chi connectivity index (χ1v) is 8.14. The van der Waals surface area contributed by atoms with E-state index in [2.05, 4.69) is 15.2 Å². The second-order valence-corrected chi connectivity index (χ2v) is 6.11. The average molecular weight is 304 g/mol. The van der Waals surface area contributed by atoms with Crippen LogP contribution in [-0.4, -0.2) is 53.8 Å². The lowest BCUT2D eigenvalue weighted by atomic mass is 9.98. The van der Waals surface area contributed by atoms with Gasteiger partial charge < -0.3 is 20.2 Å². The van der Waals surface area contributed by atoms with Gasteiger partial charge in [0.1, 0.15) is 0 Å². The molecule has 2 saturated heterocycles. The van der Waals surface area contributed by atoms with Crippen molar-refractivity contribution >= 4 is 17.5 Å². The predicted molar refractivity (Wildman–Crippen MR) is 86.1 cm³/mol. The van der Waals surface area contributed by atoms with Gasteiger partial charge in [-0.25, -0.2) is 9.78 Å². The van der Waals surface area contributed by atoms with Crippen molar-refractivity contribution in [2.45, 2.75) is 25.7 Å². The molecule has 0 saturated carbocycles. The summed E-state index contributed by atoms with van der Waals surface area (Å²) < 4.78 is 0. The number of aromatic nitrogens is 1. The first-order valence-electron chi connectivity index (χ1n) is 8.14. The summed E-state index contributed by atoms with van der Waals surface area (Å²) >= 11 is 0. The normalized spacial score (nSPS) is 19.5. The number of urea groups is 1. The summed E-state index contributed by atoms with van der Waals surface area (Å²) in [5.74, 6) is 1.21. The van der Waals surface area contributed by atoms with Gasteiger partial charge in [-0.3, -0.25) is 0 Å². The number of piperidine rings is 1. The maximum absolute atomic E-state index is 12.4. The number of likely N-dealkylation sites (tertiary alicyclic amines) is 1. The van der Waals surface area contributed by atoms with E-state index in [9.17, 15) is 9.90 Å². The zero-order valence-electron chi connectivity index (χ0n) is 12.9. The standard InChI is InChI=1S/C16H24N4O2/c21-12-13-5-10-20(11-6-13)16(22)18-14-4-3-7-17-15(14)19-8-1-2-9-19/h3-4,7,13,21H,1-2,5-6,8-12H2,(H,18,22). The fourth-order valence-corrected chi connectivity index (χ4v) is 3.19. The summed E-state index contributed by atoms with van der Waals surface area (Å²) in [6.07, 6.45) is 5.87. The van der Waals surface area contributed by atoms with Crippen molar-refractivity contribution in [2.24, 2.45) is 5.92 Å². The van der Waals surface area contributed by atoms with Gasteiger partial charge in [0.2, 0.25) is 0 Å². The van der Waals surface area contributed by atoms with Crippen molar-refractivity contribution in [3.63, 3.8) is 0 Å². The zero-order chi connectivity index (χ0) is 15.4. The summed E-state index contributed by atoms with van der Waals surface area (Å²) in [5.41, 5.74) is 0.790. The molecular formula is C16H24N4O2. The van der Waals surface area contributed by atoms with Crippen molar-refractivity contribution in [1.29, 1.82) is 0 Å². The van der Waals surface area contributed by atoms with Gasteiger partial charge in [0.05, 0.1) is 5.69 Å². The Morgan fingerprint density at radius 1 is 1.27 bits per heavy atom. The molecule has 6 heteroatoms. The van der Waals surface area contributed by atoms with Gasteiger partial charge in [0, 0.05) is 39.0 Å². The third-order valence-electron chi connectivity index (χ3n) is 4.59. The maximum atomic E-state index is 12.4. The topological polar surface area (TPSA) is 68.7 Å². The summed E-state index contributed by atoms with van der Waals surface area (Å²) in [6, 6.07) is 3.71. The molecule has 6 nitrogen and oxygen atoms in total. The van der Waals surface area contributed by atoms with E-state index in [0.29, 0.717) is 19.0 Å². The number of aliphatic hydroxyl groups is 1. The molecule has 3 rings (SSSR count). The van der Waals surface area contributed by atoms with E-state index in [1.54, 1.807) is 6.20 Å². The van der Waals surface area contributed by atoms with Gasteiger partial charge in [-0.1, -0.05) is 0 Å². The van der Waals surface area contributed by atoms with Gasteiger partial charge in [-0.15, -0.1) is 0 Å². The fourth-order valence-electron chi connectivity index (χ4n) is 3.19. The summed E-state index contributed by atoms with van der Waals surface area (Å²) in [6.45, 7) is 3.63. The minimum absolute atomic E-state index is 0.0650. The van der Waals surface area contributed by atoms with Crippen LogP contribution in [0.4, 0.5) is 16.3 Å². The Bertz CT molecular complexity index is 509. The van der Waals surface area contributed by atoms with E-state index in [-0.39, 0.29) is 12.6 Å². The third-order valence-corrected chi connectivity index (χ3v) is 4.59. The molecule has 120 valence electrons. The number of hydrogen-bond acceptors (Lipinski definition) is 4. The molecule has 0 aliphatic carbocycles. The highest BCUT2D eigenvalue weighted by molar-refractivity contribution is 5.92. The number of hydrogen-bond donors (Lipinski definition) is 2. The Balaban J connectivity index is 1.64. The van der Waals surface area contributed by atoms with E-state index >= 15 is 0 Å². The van der Waals surface area contributed by atoms with Crippen LogP contribution in [0, 0.1) is 5.92 Å². The Kier molecular flexibility index (Phi) is 4.77. The number of rotatable bonds is 3. The molecule has 0 spiro atoms. The smallest absolute Gasteiger partial charge is 0.321 e. The van der Waals surface area contributed by atoms with Crippen LogP contribution in [0.1, 0.15) is 25.7 Å². The summed E-state index contributed by atoms with van der Waals surface area (Å²) in [7, 11) is 0. The Morgan fingerprint density at radius 3 is 2.68 bits per heavy atom. The van der Waals surface area contributed by atoms with Crippen LogP contribution in [0.15, 0.2) is 18.3 Å². The lowest BCUT2D eigenvalue weighted by Gasteiger charge is -2.31. The Hall–Kier alpha value is -1.82. The molecule has 2 aliphatic heterocycles. The molecular weight excluding hydrogens is 280 g/mol. The van der Waals surface area contributed by atoms with Gasteiger partial charge in [0.15, 0.2) is 5.82 Å². The molecule has 0 atom stereocenters. The van der Waals surface area contributed by atoms with Crippen LogP contribution in [0.5, 0.6) is 0 Å². The number of carbonyl (C=O) groups excluding carboxylic acids is 1. The molecule has 0 aromatic carbocycles. The molecule has 2 amide bonds. The molecule has 2 aliphatic rings. The van der Waals surface area contributed by atoms with Crippen molar-refractivity contribution in [3.05, 3.63) is 18.3 Å². The predicted octanol–water partition coefficient (Wildman–Crippen LogP) is 1.92. The first kappa shape index (κ1) is 15.1. The second-order valence-electron chi connectivity index (χ2n) is 6.11. The lowest BCUT2D eigenvalue weighted by molar-refractivity contribution is 0.143. The minimum Gasteiger partial charge on any atom is -0.396 e. The van der Waals surface area contributed by atoms with Gasteiger partial charge in [0.25, 0.3) is 0 Å². The second kappa shape index (κ2) is 6.96. The van der Waals surface area contributed by atoms with Crippen molar-refractivity contribution in [1.82, 2.24) is 9.88 Å². The number of amides is 2. The largest absolute Gasteiger partial charge is 0.396 e. The summed E-state index contributed by atoms with van der Waals surface area (Å²) in [5, 5.41) is 12.2. The number of nitrogens with one attached hydrogen (secondary N) is 1. The Morgan fingerprint density at radius 2 is 2.00 bits per heavy atom. The number of nitrogens with zero attached hydrogens (tertiary/aromatic N) is 3. The molecule has 2 fully saturated rings. The zero-order valence-corrected chi connectivity index (χ0v) is 12.9. The fraction of sp³-hybridized carbons (Fsp3) is 0.625. The third kappa shape index (κ3) is 3.32. The number of aliphatic hydroxyl groups excluding tert-OH is 1. The lowest BCUT2D eigenvalue weighted by Crippen LogP contribution is -2.41. The van der Waals surface area contributed by atoms with Gasteiger partial charge in [-0.05, 0) is 43.7 Å². The molecule has 22 heavy (non-hydrogen) atoms. The van der Waals surface area contributed by atoms with Crippen molar-refractivity contribution < 1.29 is 9.90 Å². The van der Waals surface area contributed by atoms with Crippen LogP contribution in [-0.2, 0) is 0 Å².